The molecule has 1 aromatic carbocycles. The fourth-order valence-corrected chi connectivity index (χ4v) is 2.47. The first-order valence-corrected chi connectivity index (χ1v) is 6.96. The van der Waals surface area contributed by atoms with E-state index < -0.39 is 5.97 Å². The van der Waals surface area contributed by atoms with Gasteiger partial charge in [0.15, 0.2) is 0 Å². The van der Waals surface area contributed by atoms with Crippen LogP contribution >= 0.6 is 11.3 Å². The van der Waals surface area contributed by atoms with Crippen LogP contribution < -0.4 is 5.32 Å². The number of aromatic carboxylic acids is 1. The Bertz CT molecular complexity index is 655. The molecule has 1 heterocycles. The van der Waals surface area contributed by atoms with Gasteiger partial charge in [0.1, 0.15) is 11.3 Å². The molecule has 7 heteroatoms. The van der Waals surface area contributed by atoms with Crippen LogP contribution in [0.1, 0.15) is 15.2 Å². The van der Waals surface area contributed by atoms with Gasteiger partial charge < -0.3 is 20.4 Å². The Morgan fingerprint density at radius 3 is 2.67 bits per heavy atom. The number of nitrogens with one attached hydrogen (secondary N) is 1. The Hall–Kier alpha value is -2.54. The summed E-state index contributed by atoms with van der Waals surface area (Å²) in [6.45, 7) is 0.475. The van der Waals surface area contributed by atoms with Crippen LogP contribution in [0.3, 0.4) is 0 Å². The second-order valence-electron chi connectivity index (χ2n) is 4.40. The van der Waals surface area contributed by atoms with Crippen LogP contribution in [-0.2, 0) is 6.54 Å². The van der Waals surface area contributed by atoms with E-state index in [1.165, 1.54) is 23.1 Å². The Kier molecular flexibility index (Phi) is 4.44. The standard InChI is InChI=1S/C14H14N2O4S/c1-16(8-10-3-2-6-21-10)14(20)15-9-4-5-11(13(18)19)12(17)7-9/h2-7,17H,8H2,1H3,(H,15,20)(H,18,19). The number of urea groups is 1. The summed E-state index contributed by atoms with van der Waals surface area (Å²) in [5.41, 5.74) is 0.125. The van der Waals surface area contributed by atoms with Crippen molar-refractivity contribution in [2.75, 3.05) is 12.4 Å². The summed E-state index contributed by atoms with van der Waals surface area (Å²) < 4.78 is 0. The molecule has 0 saturated carbocycles. The van der Waals surface area contributed by atoms with Gasteiger partial charge in [-0.25, -0.2) is 9.59 Å². The number of phenols is 1. The molecule has 0 spiro atoms. The normalized spacial score (nSPS) is 10.1. The largest absolute Gasteiger partial charge is 0.507 e. The third-order valence-electron chi connectivity index (χ3n) is 2.80. The molecular formula is C14H14N2O4S. The van der Waals surface area contributed by atoms with E-state index in [-0.39, 0.29) is 17.3 Å². The minimum Gasteiger partial charge on any atom is -0.507 e. The number of hydrogen-bond acceptors (Lipinski definition) is 4. The average Bonchev–Trinajstić information content (AvgIpc) is 2.91. The lowest BCUT2D eigenvalue weighted by atomic mass is 10.2. The molecular weight excluding hydrogens is 292 g/mol. The predicted molar refractivity (Wildman–Crippen MR) is 79.9 cm³/mol. The van der Waals surface area contributed by atoms with E-state index in [2.05, 4.69) is 5.32 Å². The van der Waals surface area contributed by atoms with Gasteiger partial charge in [-0.15, -0.1) is 11.3 Å². The van der Waals surface area contributed by atoms with Gasteiger partial charge in [0.05, 0.1) is 6.54 Å². The molecule has 0 fully saturated rings. The van der Waals surface area contributed by atoms with Gasteiger partial charge in [0.25, 0.3) is 0 Å². The summed E-state index contributed by atoms with van der Waals surface area (Å²) in [4.78, 5) is 25.3. The number of benzene rings is 1. The molecule has 6 nitrogen and oxygen atoms in total. The first-order chi connectivity index (χ1) is 9.97. The highest BCUT2D eigenvalue weighted by molar-refractivity contribution is 7.09. The van der Waals surface area contributed by atoms with E-state index in [0.29, 0.717) is 12.2 Å². The van der Waals surface area contributed by atoms with Crippen molar-refractivity contribution in [3.8, 4) is 5.75 Å². The van der Waals surface area contributed by atoms with Gasteiger partial charge in [0, 0.05) is 23.7 Å². The smallest absolute Gasteiger partial charge is 0.339 e. The number of amides is 2. The van der Waals surface area contributed by atoms with Crippen molar-refractivity contribution in [3.05, 3.63) is 46.2 Å². The van der Waals surface area contributed by atoms with E-state index in [4.69, 9.17) is 5.11 Å². The van der Waals surface area contributed by atoms with Crippen LogP contribution in [0.4, 0.5) is 10.5 Å². The van der Waals surface area contributed by atoms with Crippen LogP contribution in [0, 0.1) is 0 Å². The summed E-state index contributed by atoms with van der Waals surface area (Å²) in [6.07, 6.45) is 0. The van der Waals surface area contributed by atoms with Crippen molar-refractivity contribution in [3.63, 3.8) is 0 Å². The molecule has 110 valence electrons. The highest BCUT2D eigenvalue weighted by atomic mass is 32.1. The number of thiophene rings is 1. The number of rotatable bonds is 4. The van der Waals surface area contributed by atoms with Gasteiger partial charge in [-0.2, -0.15) is 0 Å². The lowest BCUT2D eigenvalue weighted by molar-refractivity contribution is 0.0694. The van der Waals surface area contributed by atoms with Crippen molar-refractivity contribution in [1.29, 1.82) is 0 Å². The molecule has 2 amide bonds. The van der Waals surface area contributed by atoms with Crippen molar-refractivity contribution >= 4 is 29.0 Å². The second kappa shape index (κ2) is 6.27. The number of carboxylic acid groups (broad SMARTS) is 1. The molecule has 0 bridgehead atoms. The molecule has 0 aliphatic heterocycles. The molecule has 1 aromatic heterocycles. The molecule has 0 radical (unpaired) electrons. The Balaban J connectivity index is 2.02. The number of nitrogens with zero attached hydrogens (tertiary/aromatic N) is 1. The van der Waals surface area contributed by atoms with Crippen molar-refractivity contribution in [2.24, 2.45) is 0 Å². The minimum atomic E-state index is -1.22. The lowest BCUT2D eigenvalue weighted by Gasteiger charge is -2.17. The van der Waals surface area contributed by atoms with E-state index in [0.717, 1.165) is 4.88 Å². The number of hydrogen-bond donors (Lipinski definition) is 3. The maximum absolute atomic E-state index is 12.0. The molecule has 21 heavy (non-hydrogen) atoms. The number of aromatic hydroxyl groups is 1. The Labute approximate surface area is 125 Å². The van der Waals surface area contributed by atoms with Crippen molar-refractivity contribution in [1.82, 2.24) is 4.90 Å². The summed E-state index contributed by atoms with van der Waals surface area (Å²) in [6, 6.07) is 7.38. The van der Waals surface area contributed by atoms with Crippen LogP contribution in [0.25, 0.3) is 0 Å². The monoisotopic (exact) mass is 306 g/mol. The summed E-state index contributed by atoms with van der Waals surface area (Å²) >= 11 is 1.56. The average molecular weight is 306 g/mol. The Morgan fingerprint density at radius 2 is 2.10 bits per heavy atom. The molecule has 2 rings (SSSR count). The fraction of sp³-hybridized carbons (Fsp3) is 0.143. The summed E-state index contributed by atoms with van der Waals surface area (Å²) in [5, 5.41) is 22.9. The third kappa shape index (κ3) is 3.73. The molecule has 2 aromatic rings. The summed E-state index contributed by atoms with van der Waals surface area (Å²) in [7, 11) is 1.65. The molecule has 0 saturated heterocycles. The minimum absolute atomic E-state index is 0.208. The number of anilines is 1. The number of carboxylic acids is 1. The number of carbonyl (C=O) groups is 2. The highest BCUT2D eigenvalue weighted by Gasteiger charge is 2.13. The van der Waals surface area contributed by atoms with E-state index in [1.807, 2.05) is 17.5 Å². The van der Waals surface area contributed by atoms with E-state index >= 15 is 0 Å². The van der Waals surface area contributed by atoms with Crippen molar-refractivity contribution in [2.45, 2.75) is 6.54 Å². The second-order valence-corrected chi connectivity index (χ2v) is 5.43. The molecule has 0 atom stereocenters. The first-order valence-electron chi connectivity index (χ1n) is 6.08. The van der Waals surface area contributed by atoms with Crippen LogP contribution in [0.15, 0.2) is 35.7 Å². The third-order valence-corrected chi connectivity index (χ3v) is 3.66. The van der Waals surface area contributed by atoms with Gasteiger partial charge in [-0.3, -0.25) is 0 Å². The van der Waals surface area contributed by atoms with E-state index in [1.54, 1.807) is 18.4 Å². The highest BCUT2D eigenvalue weighted by Crippen LogP contribution is 2.22. The topological polar surface area (TPSA) is 89.9 Å². The summed E-state index contributed by atoms with van der Waals surface area (Å²) in [5.74, 6) is -1.61. The zero-order chi connectivity index (χ0) is 15.4. The van der Waals surface area contributed by atoms with Crippen molar-refractivity contribution < 1.29 is 19.8 Å². The fourth-order valence-electron chi connectivity index (χ4n) is 1.72. The van der Waals surface area contributed by atoms with Gasteiger partial charge >= 0.3 is 12.0 Å². The van der Waals surface area contributed by atoms with Crippen LogP contribution in [0.2, 0.25) is 0 Å². The van der Waals surface area contributed by atoms with Gasteiger partial charge in [-0.1, -0.05) is 6.07 Å². The molecule has 3 N–H and O–H groups in total. The zero-order valence-corrected chi connectivity index (χ0v) is 12.1. The van der Waals surface area contributed by atoms with Gasteiger partial charge in [-0.05, 0) is 23.6 Å². The SMILES string of the molecule is CN(Cc1cccs1)C(=O)Nc1ccc(C(=O)O)c(O)c1. The zero-order valence-electron chi connectivity index (χ0n) is 11.2. The van der Waals surface area contributed by atoms with E-state index in [9.17, 15) is 14.7 Å². The Morgan fingerprint density at radius 1 is 1.33 bits per heavy atom. The molecule has 0 aliphatic rings. The predicted octanol–water partition coefficient (Wildman–Crippen LogP) is 2.82. The van der Waals surface area contributed by atoms with Crippen LogP contribution in [-0.4, -0.2) is 34.2 Å². The maximum atomic E-state index is 12.0. The quantitative estimate of drug-likeness (QED) is 0.810. The molecule has 0 aliphatic carbocycles. The number of carbonyl (C=O) groups excluding carboxylic acids is 1. The van der Waals surface area contributed by atoms with Gasteiger partial charge in [0.2, 0.25) is 0 Å². The molecule has 0 unspecified atom stereocenters. The first kappa shape index (κ1) is 14.9. The maximum Gasteiger partial charge on any atom is 0.339 e. The van der Waals surface area contributed by atoms with Crippen LogP contribution in [0.5, 0.6) is 5.75 Å². The lowest BCUT2D eigenvalue weighted by Crippen LogP contribution is -2.30.